The Kier molecular flexibility index (Phi) is 5.32. The Balaban J connectivity index is 2.01. The van der Waals surface area contributed by atoms with Gasteiger partial charge >= 0.3 is 12.4 Å². The third-order valence-electron chi connectivity index (χ3n) is 4.27. The third-order valence-corrected chi connectivity index (χ3v) is 4.27. The highest BCUT2D eigenvalue weighted by Gasteiger charge is 2.42. The van der Waals surface area contributed by atoms with Gasteiger partial charge in [-0.05, 0) is 26.0 Å². The summed E-state index contributed by atoms with van der Waals surface area (Å²) in [6.07, 6.45) is -9.24. The first-order chi connectivity index (χ1) is 13.4. The summed E-state index contributed by atoms with van der Waals surface area (Å²) in [5.74, 6) is -1.38. The summed E-state index contributed by atoms with van der Waals surface area (Å²) in [4.78, 5) is 17.4. The summed E-state index contributed by atoms with van der Waals surface area (Å²) in [5.41, 5.74) is -3.23. The first-order valence-corrected chi connectivity index (χ1v) is 8.51. The molecule has 0 aliphatic carbocycles. The Hall–Kier alpha value is -2.63. The number of pyridine rings is 1. The van der Waals surface area contributed by atoms with Crippen LogP contribution in [0.25, 0.3) is 5.82 Å². The second-order valence-electron chi connectivity index (χ2n) is 6.69. The second kappa shape index (κ2) is 7.32. The summed E-state index contributed by atoms with van der Waals surface area (Å²) in [6.45, 7) is 3.58. The van der Waals surface area contributed by atoms with Crippen LogP contribution in [0.15, 0.2) is 24.5 Å². The molecule has 0 unspecified atom stereocenters. The fraction of sp³-hybridized carbons (Fsp3) is 0.471. The Morgan fingerprint density at radius 1 is 1.03 bits per heavy atom. The lowest BCUT2D eigenvalue weighted by molar-refractivity contribution is -0.143. The zero-order valence-corrected chi connectivity index (χ0v) is 15.3. The maximum atomic E-state index is 13.7. The van der Waals surface area contributed by atoms with E-state index in [1.54, 1.807) is 13.8 Å². The second-order valence-corrected chi connectivity index (χ2v) is 6.69. The van der Waals surface area contributed by atoms with E-state index in [0.717, 1.165) is 12.3 Å². The van der Waals surface area contributed by atoms with Crippen molar-refractivity contribution in [3.63, 3.8) is 0 Å². The van der Waals surface area contributed by atoms with Crippen molar-refractivity contribution in [2.75, 3.05) is 13.1 Å². The Morgan fingerprint density at radius 3 is 2.14 bits per heavy atom. The molecule has 0 radical (unpaired) electrons. The van der Waals surface area contributed by atoms with E-state index in [2.05, 4.69) is 10.1 Å². The fourth-order valence-corrected chi connectivity index (χ4v) is 3.14. The van der Waals surface area contributed by atoms with E-state index in [1.165, 1.54) is 4.90 Å². The van der Waals surface area contributed by atoms with Crippen LogP contribution in [-0.2, 0) is 17.1 Å². The van der Waals surface area contributed by atoms with Crippen LogP contribution in [0.2, 0.25) is 0 Å². The molecule has 3 rings (SSSR count). The van der Waals surface area contributed by atoms with Gasteiger partial charge in [-0.2, -0.15) is 31.4 Å². The van der Waals surface area contributed by atoms with E-state index in [4.69, 9.17) is 4.74 Å². The summed E-state index contributed by atoms with van der Waals surface area (Å²) in [6, 6.07) is 1.36. The number of halogens is 6. The number of rotatable bonds is 2. The molecular weight excluding hydrogens is 406 g/mol. The smallest absolute Gasteiger partial charge is 0.372 e. The zero-order chi connectivity index (χ0) is 21.6. The predicted octanol–water partition coefficient (Wildman–Crippen LogP) is 3.55. The quantitative estimate of drug-likeness (QED) is 0.695. The van der Waals surface area contributed by atoms with Crippen molar-refractivity contribution >= 4 is 5.91 Å². The van der Waals surface area contributed by atoms with Crippen molar-refractivity contribution in [3.05, 3.63) is 41.3 Å². The van der Waals surface area contributed by atoms with Gasteiger partial charge in [0.25, 0.3) is 5.91 Å². The number of nitrogens with zero attached hydrogens (tertiary/aromatic N) is 4. The average Bonchev–Trinajstić information content (AvgIpc) is 3.05. The minimum absolute atomic E-state index is 0.101. The van der Waals surface area contributed by atoms with Gasteiger partial charge in [0, 0.05) is 19.3 Å². The SMILES string of the molecule is C[C@@H]1CN(C(=O)c2cnn(-c3ccc(C(F)(F)F)cn3)c2C(F)(F)F)C[C@H](C)O1. The molecule has 0 N–H and O–H groups in total. The number of carbonyl (C=O) groups excluding carboxylic acids is 1. The molecule has 0 bridgehead atoms. The van der Waals surface area contributed by atoms with Gasteiger partial charge in [0.2, 0.25) is 0 Å². The number of morpholine rings is 1. The molecule has 2 aromatic heterocycles. The van der Waals surface area contributed by atoms with Crippen LogP contribution in [-0.4, -0.2) is 50.9 Å². The van der Waals surface area contributed by atoms with Crippen molar-refractivity contribution < 1.29 is 35.9 Å². The molecule has 158 valence electrons. The van der Waals surface area contributed by atoms with Crippen LogP contribution in [0.1, 0.15) is 35.5 Å². The first kappa shape index (κ1) is 21.1. The zero-order valence-electron chi connectivity index (χ0n) is 15.3. The number of aromatic nitrogens is 3. The lowest BCUT2D eigenvalue weighted by atomic mass is 10.1. The normalized spacial score (nSPS) is 20.8. The van der Waals surface area contributed by atoms with Gasteiger partial charge in [-0.25, -0.2) is 9.67 Å². The lowest BCUT2D eigenvalue weighted by Crippen LogP contribution is -2.48. The van der Waals surface area contributed by atoms with Gasteiger partial charge in [0.05, 0.1) is 29.5 Å². The van der Waals surface area contributed by atoms with Gasteiger partial charge in [-0.1, -0.05) is 0 Å². The molecular formula is C17H16F6N4O2. The fourth-order valence-electron chi connectivity index (χ4n) is 3.14. The molecule has 0 aromatic carbocycles. The van der Waals surface area contributed by atoms with Gasteiger partial charge in [-0.15, -0.1) is 0 Å². The minimum atomic E-state index is -4.99. The van der Waals surface area contributed by atoms with Crippen molar-refractivity contribution in [1.82, 2.24) is 19.7 Å². The number of amides is 1. The van der Waals surface area contributed by atoms with Crippen LogP contribution in [0.5, 0.6) is 0 Å². The van der Waals surface area contributed by atoms with Crippen molar-refractivity contribution in [3.8, 4) is 5.82 Å². The van der Waals surface area contributed by atoms with Gasteiger partial charge in [0.15, 0.2) is 11.5 Å². The molecule has 2 aromatic rings. The van der Waals surface area contributed by atoms with Gasteiger partial charge in [0.1, 0.15) is 0 Å². The molecule has 1 fully saturated rings. The van der Waals surface area contributed by atoms with Crippen LogP contribution >= 0.6 is 0 Å². The van der Waals surface area contributed by atoms with Crippen LogP contribution in [0.4, 0.5) is 26.3 Å². The summed E-state index contributed by atoms with van der Waals surface area (Å²) < 4.78 is 84.9. The predicted molar refractivity (Wildman–Crippen MR) is 87.3 cm³/mol. The van der Waals surface area contributed by atoms with E-state index in [9.17, 15) is 31.1 Å². The molecule has 1 saturated heterocycles. The molecule has 0 spiro atoms. The van der Waals surface area contributed by atoms with Crippen LogP contribution in [0, 0.1) is 0 Å². The molecule has 1 aliphatic heterocycles. The third kappa shape index (κ3) is 4.36. The van der Waals surface area contributed by atoms with Crippen molar-refractivity contribution in [2.45, 2.75) is 38.4 Å². The van der Waals surface area contributed by atoms with E-state index >= 15 is 0 Å². The first-order valence-electron chi connectivity index (χ1n) is 8.51. The molecule has 2 atom stereocenters. The highest BCUT2D eigenvalue weighted by molar-refractivity contribution is 5.95. The monoisotopic (exact) mass is 422 g/mol. The van der Waals surface area contributed by atoms with Gasteiger partial charge < -0.3 is 9.64 Å². The van der Waals surface area contributed by atoms with Crippen molar-refractivity contribution in [2.24, 2.45) is 0 Å². The van der Waals surface area contributed by atoms with Crippen LogP contribution < -0.4 is 0 Å². The summed E-state index contributed by atoms with van der Waals surface area (Å²) in [5, 5.41) is 3.57. The standard InChI is InChI=1S/C17H16F6N4O2/c1-9-7-26(8-10(2)29-9)15(28)12-6-25-27(14(12)17(21,22)23)13-4-3-11(5-24-13)16(18,19)20/h3-6,9-10H,7-8H2,1-2H3/t9-,10+. The van der Waals surface area contributed by atoms with E-state index in [1.807, 2.05) is 0 Å². The molecule has 0 saturated carbocycles. The largest absolute Gasteiger partial charge is 0.434 e. The maximum Gasteiger partial charge on any atom is 0.434 e. The van der Waals surface area contributed by atoms with E-state index in [0.29, 0.717) is 16.9 Å². The Bertz CT molecular complexity index is 881. The number of hydrogen-bond acceptors (Lipinski definition) is 4. The summed E-state index contributed by atoms with van der Waals surface area (Å²) in [7, 11) is 0. The molecule has 3 heterocycles. The topological polar surface area (TPSA) is 60.2 Å². The number of carbonyl (C=O) groups is 1. The molecule has 6 nitrogen and oxygen atoms in total. The number of hydrogen-bond donors (Lipinski definition) is 0. The van der Waals surface area contributed by atoms with Crippen molar-refractivity contribution in [1.29, 1.82) is 0 Å². The summed E-state index contributed by atoms with van der Waals surface area (Å²) >= 11 is 0. The minimum Gasteiger partial charge on any atom is -0.372 e. The molecule has 1 aliphatic rings. The van der Waals surface area contributed by atoms with E-state index in [-0.39, 0.29) is 25.3 Å². The Morgan fingerprint density at radius 2 is 1.66 bits per heavy atom. The maximum absolute atomic E-state index is 13.7. The van der Waals surface area contributed by atoms with E-state index < -0.39 is 40.9 Å². The lowest BCUT2D eigenvalue weighted by Gasteiger charge is -2.35. The number of ether oxygens (including phenoxy) is 1. The van der Waals surface area contributed by atoms with Crippen LogP contribution in [0.3, 0.4) is 0 Å². The highest BCUT2D eigenvalue weighted by Crippen LogP contribution is 2.35. The average molecular weight is 422 g/mol. The number of alkyl halides is 6. The van der Waals surface area contributed by atoms with Gasteiger partial charge in [-0.3, -0.25) is 4.79 Å². The Labute approximate surface area is 161 Å². The highest BCUT2D eigenvalue weighted by atomic mass is 19.4. The molecule has 1 amide bonds. The molecule has 29 heavy (non-hydrogen) atoms. The molecule has 12 heteroatoms.